The molecular weight excluding hydrogens is 252 g/mol. The minimum absolute atomic E-state index is 0.0323. The number of carbonyl (C=O) groups is 1. The highest BCUT2D eigenvalue weighted by Gasteiger charge is 2.16. The first-order valence-electron chi connectivity index (χ1n) is 4.65. The lowest BCUT2D eigenvalue weighted by atomic mass is 10.2. The van der Waals surface area contributed by atoms with E-state index < -0.39 is 4.92 Å². The molecule has 1 N–H and O–H groups in total. The first-order chi connectivity index (χ1) is 7.54. The number of rotatable bonds is 5. The van der Waals surface area contributed by atoms with Crippen molar-refractivity contribution in [2.75, 3.05) is 5.88 Å². The van der Waals surface area contributed by atoms with Crippen LogP contribution in [0.1, 0.15) is 23.0 Å². The lowest BCUT2D eigenvalue weighted by Crippen LogP contribution is -2.32. The van der Waals surface area contributed by atoms with Gasteiger partial charge >= 0.3 is 5.00 Å². The summed E-state index contributed by atoms with van der Waals surface area (Å²) in [4.78, 5) is 21.9. The Hall–Kier alpha value is -1.14. The molecule has 5 nitrogen and oxygen atoms in total. The summed E-state index contributed by atoms with van der Waals surface area (Å²) in [5, 5.41) is 13.1. The van der Waals surface area contributed by atoms with Crippen LogP contribution in [0, 0.1) is 10.1 Å². The second kappa shape index (κ2) is 5.81. The van der Waals surface area contributed by atoms with Crippen LogP contribution < -0.4 is 5.32 Å². The van der Waals surface area contributed by atoms with Crippen LogP contribution in [-0.2, 0) is 0 Å². The van der Waals surface area contributed by atoms with E-state index in [0.717, 1.165) is 11.3 Å². The number of nitrogens with zero attached hydrogens (tertiary/aromatic N) is 1. The van der Waals surface area contributed by atoms with E-state index in [2.05, 4.69) is 5.32 Å². The number of thiophene rings is 1. The third-order valence-corrected chi connectivity index (χ3v) is 3.17. The van der Waals surface area contributed by atoms with E-state index in [1.165, 1.54) is 12.1 Å². The monoisotopic (exact) mass is 262 g/mol. The van der Waals surface area contributed by atoms with Crippen LogP contribution in [0.2, 0.25) is 0 Å². The molecule has 0 saturated heterocycles. The van der Waals surface area contributed by atoms with Crippen LogP contribution >= 0.6 is 22.9 Å². The van der Waals surface area contributed by atoms with Gasteiger partial charge in [-0.2, -0.15) is 0 Å². The van der Waals surface area contributed by atoms with Crippen molar-refractivity contribution in [1.82, 2.24) is 5.32 Å². The highest BCUT2D eigenvalue weighted by atomic mass is 35.5. The Bertz CT molecular complexity index is 394. The van der Waals surface area contributed by atoms with Gasteiger partial charge in [-0.05, 0) is 19.4 Å². The number of halogens is 1. The highest BCUT2D eigenvalue weighted by molar-refractivity contribution is 7.17. The Morgan fingerprint density at radius 2 is 2.38 bits per heavy atom. The predicted octanol–water partition coefficient (Wildman–Crippen LogP) is 2.40. The number of hydrogen-bond donors (Lipinski definition) is 1. The molecule has 1 aromatic rings. The summed E-state index contributed by atoms with van der Waals surface area (Å²) in [7, 11) is 0. The molecule has 0 aliphatic heterocycles. The zero-order valence-electron chi connectivity index (χ0n) is 8.60. The van der Waals surface area contributed by atoms with Gasteiger partial charge in [0.25, 0.3) is 5.91 Å². The molecule has 0 spiro atoms. The van der Waals surface area contributed by atoms with E-state index >= 15 is 0 Å². The summed E-state index contributed by atoms with van der Waals surface area (Å²) in [6, 6.07) is 2.74. The van der Waals surface area contributed by atoms with Crippen molar-refractivity contribution in [3.05, 3.63) is 27.1 Å². The number of carbonyl (C=O) groups excluding carboxylic acids is 1. The summed E-state index contributed by atoms with van der Waals surface area (Å²) >= 11 is 6.40. The molecule has 1 amide bonds. The van der Waals surface area contributed by atoms with Gasteiger partial charge in [-0.15, -0.1) is 11.6 Å². The van der Waals surface area contributed by atoms with Crippen LogP contribution in [0.15, 0.2) is 12.1 Å². The molecule has 0 aliphatic carbocycles. The molecular formula is C9H11ClN2O3S. The van der Waals surface area contributed by atoms with Gasteiger partial charge in [0, 0.05) is 18.0 Å². The average Bonchev–Trinajstić information content (AvgIpc) is 2.66. The molecule has 0 radical (unpaired) electrons. The summed E-state index contributed by atoms with van der Waals surface area (Å²) < 4.78 is 0. The minimum atomic E-state index is -0.510. The quantitative estimate of drug-likeness (QED) is 0.503. The fourth-order valence-electron chi connectivity index (χ4n) is 1.08. The zero-order chi connectivity index (χ0) is 12.1. The standard InChI is InChI=1S/C9H11ClN2O3S/c1-6(4-5-10)11-9(13)7-2-3-8(16-7)12(14)15/h2-3,6H,4-5H2,1H3,(H,11,13). The topological polar surface area (TPSA) is 72.2 Å². The van der Waals surface area contributed by atoms with E-state index in [4.69, 9.17) is 11.6 Å². The largest absolute Gasteiger partial charge is 0.349 e. The van der Waals surface area contributed by atoms with Gasteiger partial charge in [-0.1, -0.05) is 11.3 Å². The fourth-order valence-corrected chi connectivity index (χ4v) is 2.13. The van der Waals surface area contributed by atoms with Gasteiger partial charge in [0.05, 0.1) is 9.80 Å². The second-order valence-electron chi connectivity index (χ2n) is 3.25. The van der Waals surface area contributed by atoms with Crippen LogP contribution in [0.5, 0.6) is 0 Å². The molecule has 1 aromatic heterocycles. The first kappa shape index (κ1) is 12.9. The molecule has 16 heavy (non-hydrogen) atoms. The van der Waals surface area contributed by atoms with Gasteiger partial charge < -0.3 is 5.32 Å². The lowest BCUT2D eigenvalue weighted by Gasteiger charge is -2.10. The summed E-state index contributed by atoms with van der Waals surface area (Å²) in [6.07, 6.45) is 0.667. The van der Waals surface area contributed by atoms with Gasteiger partial charge in [0.15, 0.2) is 0 Å². The van der Waals surface area contributed by atoms with Crippen molar-refractivity contribution in [3.8, 4) is 0 Å². The molecule has 0 bridgehead atoms. The average molecular weight is 263 g/mol. The van der Waals surface area contributed by atoms with Crippen molar-refractivity contribution in [1.29, 1.82) is 0 Å². The van der Waals surface area contributed by atoms with Gasteiger partial charge in [0.2, 0.25) is 0 Å². The predicted molar refractivity (Wildman–Crippen MR) is 63.2 cm³/mol. The molecule has 1 heterocycles. The van der Waals surface area contributed by atoms with Crippen LogP contribution in [0.25, 0.3) is 0 Å². The summed E-state index contributed by atoms with van der Waals surface area (Å²) in [6.45, 7) is 1.84. The second-order valence-corrected chi connectivity index (χ2v) is 4.69. The van der Waals surface area contributed by atoms with E-state index in [-0.39, 0.29) is 17.0 Å². The molecule has 1 atom stereocenters. The molecule has 0 saturated carbocycles. The van der Waals surface area contributed by atoms with Gasteiger partial charge in [-0.25, -0.2) is 0 Å². The molecule has 88 valence electrons. The van der Waals surface area contributed by atoms with Crippen molar-refractivity contribution in [2.45, 2.75) is 19.4 Å². The molecule has 0 aliphatic rings. The third kappa shape index (κ3) is 3.46. The Labute approximate surface area is 102 Å². The Balaban J connectivity index is 2.62. The van der Waals surface area contributed by atoms with Crippen LogP contribution in [0.3, 0.4) is 0 Å². The Kier molecular flexibility index (Phi) is 4.70. The van der Waals surface area contributed by atoms with Gasteiger partial charge in [0.1, 0.15) is 0 Å². The zero-order valence-corrected chi connectivity index (χ0v) is 10.2. The minimum Gasteiger partial charge on any atom is -0.349 e. The van der Waals surface area contributed by atoms with Gasteiger partial charge in [-0.3, -0.25) is 14.9 Å². The number of alkyl halides is 1. The first-order valence-corrected chi connectivity index (χ1v) is 6.00. The van der Waals surface area contributed by atoms with Crippen LogP contribution in [0.4, 0.5) is 5.00 Å². The van der Waals surface area contributed by atoms with E-state index in [1.807, 2.05) is 6.92 Å². The lowest BCUT2D eigenvalue weighted by molar-refractivity contribution is -0.380. The van der Waals surface area contributed by atoms with E-state index in [0.29, 0.717) is 17.2 Å². The van der Waals surface area contributed by atoms with Crippen molar-refractivity contribution in [2.24, 2.45) is 0 Å². The molecule has 1 rings (SSSR count). The number of hydrogen-bond acceptors (Lipinski definition) is 4. The highest BCUT2D eigenvalue weighted by Crippen LogP contribution is 2.23. The van der Waals surface area contributed by atoms with Crippen molar-refractivity contribution < 1.29 is 9.72 Å². The fraction of sp³-hybridized carbons (Fsp3) is 0.444. The maximum Gasteiger partial charge on any atom is 0.324 e. The normalized spacial score (nSPS) is 12.1. The molecule has 0 fully saturated rings. The van der Waals surface area contributed by atoms with E-state index in [9.17, 15) is 14.9 Å². The van der Waals surface area contributed by atoms with Crippen LogP contribution in [-0.4, -0.2) is 22.8 Å². The maximum atomic E-state index is 11.6. The number of nitrogens with one attached hydrogen (secondary N) is 1. The smallest absolute Gasteiger partial charge is 0.324 e. The molecule has 1 unspecified atom stereocenters. The Morgan fingerprint density at radius 1 is 1.69 bits per heavy atom. The number of amides is 1. The third-order valence-electron chi connectivity index (χ3n) is 1.92. The summed E-state index contributed by atoms with van der Waals surface area (Å²) in [5.41, 5.74) is 0. The molecule has 7 heteroatoms. The Morgan fingerprint density at radius 3 is 2.88 bits per heavy atom. The SMILES string of the molecule is CC(CCCl)NC(=O)c1ccc([N+](=O)[O-])s1. The maximum absolute atomic E-state index is 11.6. The molecule has 0 aromatic carbocycles. The number of nitro groups is 1. The van der Waals surface area contributed by atoms with Crippen molar-refractivity contribution >= 4 is 33.8 Å². The van der Waals surface area contributed by atoms with Crippen molar-refractivity contribution in [3.63, 3.8) is 0 Å². The van der Waals surface area contributed by atoms with E-state index in [1.54, 1.807) is 0 Å². The summed E-state index contributed by atoms with van der Waals surface area (Å²) in [5.74, 6) is 0.169.